The molecule has 1 N–H and O–H groups in total. The Labute approximate surface area is 126 Å². The number of benzene rings is 1. The Bertz CT molecular complexity index is 501. The molecule has 0 aliphatic carbocycles. The lowest BCUT2D eigenvalue weighted by molar-refractivity contribution is -0.152. The summed E-state index contributed by atoms with van der Waals surface area (Å²) in [6, 6.07) is 8.00. The van der Waals surface area contributed by atoms with E-state index in [1.165, 1.54) is 7.11 Å². The average Bonchev–Trinajstić information content (AvgIpc) is 2.49. The lowest BCUT2D eigenvalue weighted by atomic mass is 9.82. The van der Waals surface area contributed by atoms with E-state index in [-0.39, 0.29) is 12.1 Å². The molecule has 0 saturated carbocycles. The highest BCUT2D eigenvalue weighted by atomic mass is 16.5. The molecule has 1 aromatic rings. The fourth-order valence-electron chi connectivity index (χ4n) is 2.83. The second-order valence-corrected chi connectivity index (χ2v) is 6.12. The molecule has 0 amide bonds. The van der Waals surface area contributed by atoms with E-state index in [2.05, 4.69) is 19.2 Å². The molecular formula is C17H25NO3. The standard InChI is InChI=1S/C17H25NO3/c1-12(2)15-11-17(9-10-21-15,16(19)20-4)18-14-8-6-5-7-13(14)3/h5-8,12,15,18H,9-11H2,1-4H3. The molecule has 4 heteroatoms. The van der Waals surface area contributed by atoms with Crippen LogP contribution in [0.5, 0.6) is 0 Å². The Morgan fingerprint density at radius 1 is 1.43 bits per heavy atom. The van der Waals surface area contributed by atoms with Crippen molar-refractivity contribution in [3.05, 3.63) is 29.8 Å². The van der Waals surface area contributed by atoms with Crippen molar-refractivity contribution in [1.82, 2.24) is 0 Å². The second-order valence-electron chi connectivity index (χ2n) is 6.12. The third-order valence-electron chi connectivity index (χ3n) is 4.25. The molecule has 1 aliphatic rings. The van der Waals surface area contributed by atoms with E-state index in [0.717, 1.165) is 11.3 Å². The fraction of sp³-hybridized carbons (Fsp3) is 0.588. The maximum atomic E-state index is 12.4. The van der Waals surface area contributed by atoms with Crippen LogP contribution in [-0.4, -0.2) is 31.3 Å². The van der Waals surface area contributed by atoms with Crippen LogP contribution in [0.15, 0.2) is 24.3 Å². The molecule has 1 fully saturated rings. The largest absolute Gasteiger partial charge is 0.467 e. The Morgan fingerprint density at radius 3 is 2.76 bits per heavy atom. The summed E-state index contributed by atoms with van der Waals surface area (Å²) in [5.74, 6) is 0.160. The number of nitrogens with one attached hydrogen (secondary N) is 1. The van der Waals surface area contributed by atoms with Gasteiger partial charge in [0.15, 0.2) is 0 Å². The SMILES string of the molecule is COC(=O)C1(Nc2ccccc2C)CCOC(C(C)C)C1. The third kappa shape index (κ3) is 3.38. The molecule has 2 atom stereocenters. The Morgan fingerprint density at radius 2 is 2.14 bits per heavy atom. The van der Waals surface area contributed by atoms with Crippen molar-refractivity contribution >= 4 is 11.7 Å². The van der Waals surface area contributed by atoms with Crippen molar-refractivity contribution in [3.63, 3.8) is 0 Å². The molecule has 1 aliphatic heterocycles. The number of carbonyl (C=O) groups excluding carboxylic acids is 1. The number of methoxy groups -OCH3 is 1. The highest BCUT2D eigenvalue weighted by Gasteiger charge is 2.45. The minimum atomic E-state index is -0.700. The van der Waals surface area contributed by atoms with Crippen molar-refractivity contribution in [2.45, 2.75) is 45.3 Å². The molecule has 116 valence electrons. The van der Waals surface area contributed by atoms with Crippen LogP contribution in [0.4, 0.5) is 5.69 Å². The van der Waals surface area contributed by atoms with Crippen LogP contribution in [0.3, 0.4) is 0 Å². The molecule has 1 heterocycles. The number of ether oxygens (including phenoxy) is 2. The van der Waals surface area contributed by atoms with Crippen LogP contribution in [0, 0.1) is 12.8 Å². The maximum absolute atomic E-state index is 12.4. The lowest BCUT2D eigenvalue weighted by Crippen LogP contribution is -2.54. The summed E-state index contributed by atoms with van der Waals surface area (Å²) >= 11 is 0. The minimum Gasteiger partial charge on any atom is -0.467 e. The Kier molecular flexibility index (Phi) is 4.88. The number of hydrogen-bond acceptors (Lipinski definition) is 4. The van der Waals surface area contributed by atoms with Crippen LogP contribution >= 0.6 is 0 Å². The van der Waals surface area contributed by atoms with Crippen LogP contribution < -0.4 is 5.32 Å². The van der Waals surface area contributed by atoms with E-state index in [1.54, 1.807) is 0 Å². The van der Waals surface area contributed by atoms with E-state index in [0.29, 0.717) is 25.4 Å². The predicted molar refractivity (Wildman–Crippen MR) is 83.4 cm³/mol. The first kappa shape index (κ1) is 15.8. The van der Waals surface area contributed by atoms with Gasteiger partial charge in [-0.05, 0) is 24.5 Å². The van der Waals surface area contributed by atoms with Crippen molar-refractivity contribution in [3.8, 4) is 0 Å². The highest BCUT2D eigenvalue weighted by Crippen LogP contribution is 2.33. The van der Waals surface area contributed by atoms with E-state index >= 15 is 0 Å². The summed E-state index contributed by atoms with van der Waals surface area (Å²) in [5.41, 5.74) is 1.40. The smallest absolute Gasteiger partial charge is 0.331 e. The molecule has 0 aromatic heterocycles. The molecule has 2 unspecified atom stereocenters. The van der Waals surface area contributed by atoms with Crippen molar-refractivity contribution in [2.75, 3.05) is 19.0 Å². The van der Waals surface area contributed by atoms with E-state index in [4.69, 9.17) is 9.47 Å². The number of esters is 1. The highest BCUT2D eigenvalue weighted by molar-refractivity contribution is 5.85. The predicted octanol–water partition coefficient (Wildman–Crippen LogP) is 3.15. The average molecular weight is 291 g/mol. The minimum absolute atomic E-state index is 0.0642. The summed E-state index contributed by atoms with van der Waals surface area (Å²) in [4.78, 5) is 12.4. The number of carbonyl (C=O) groups is 1. The van der Waals surface area contributed by atoms with E-state index in [1.807, 2.05) is 31.2 Å². The molecule has 1 aromatic carbocycles. The van der Waals surface area contributed by atoms with Crippen LogP contribution in [0.2, 0.25) is 0 Å². The van der Waals surface area contributed by atoms with Crippen LogP contribution in [0.25, 0.3) is 0 Å². The zero-order valence-electron chi connectivity index (χ0n) is 13.3. The summed E-state index contributed by atoms with van der Waals surface area (Å²) in [7, 11) is 1.45. The van der Waals surface area contributed by atoms with Gasteiger partial charge in [-0.25, -0.2) is 4.79 Å². The van der Waals surface area contributed by atoms with E-state index in [9.17, 15) is 4.79 Å². The van der Waals surface area contributed by atoms with Crippen LogP contribution in [-0.2, 0) is 14.3 Å². The first-order valence-electron chi connectivity index (χ1n) is 7.52. The molecule has 2 rings (SSSR count). The Hall–Kier alpha value is -1.55. The van der Waals surface area contributed by atoms with Gasteiger partial charge in [0.25, 0.3) is 0 Å². The number of rotatable bonds is 4. The van der Waals surface area contributed by atoms with Gasteiger partial charge in [-0.2, -0.15) is 0 Å². The van der Waals surface area contributed by atoms with Gasteiger partial charge < -0.3 is 14.8 Å². The van der Waals surface area contributed by atoms with Crippen molar-refractivity contribution in [2.24, 2.45) is 5.92 Å². The molecular weight excluding hydrogens is 266 g/mol. The lowest BCUT2D eigenvalue weighted by Gasteiger charge is -2.41. The summed E-state index contributed by atoms with van der Waals surface area (Å²) in [5, 5.41) is 3.44. The van der Waals surface area contributed by atoms with Gasteiger partial charge in [0, 0.05) is 25.1 Å². The quantitative estimate of drug-likeness (QED) is 0.866. The van der Waals surface area contributed by atoms with Gasteiger partial charge in [0.05, 0.1) is 13.2 Å². The maximum Gasteiger partial charge on any atom is 0.331 e. The molecule has 21 heavy (non-hydrogen) atoms. The Balaban J connectivity index is 2.29. The normalized spacial score (nSPS) is 25.7. The van der Waals surface area contributed by atoms with Gasteiger partial charge >= 0.3 is 5.97 Å². The number of aryl methyl sites for hydroxylation is 1. The van der Waals surface area contributed by atoms with E-state index < -0.39 is 5.54 Å². The second kappa shape index (κ2) is 6.48. The third-order valence-corrected chi connectivity index (χ3v) is 4.25. The van der Waals surface area contributed by atoms with Gasteiger partial charge in [-0.15, -0.1) is 0 Å². The molecule has 0 bridgehead atoms. The topological polar surface area (TPSA) is 47.6 Å². The molecule has 4 nitrogen and oxygen atoms in total. The number of hydrogen-bond donors (Lipinski definition) is 1. The molecule has 0 radical (unpaired) electrons. The van der Waals surface area contributed by atoms with Gasteiger partial charge in [-0.1, -0.05) is 32.0 Å². The van der Waals surface area contributed by atoms with Gasteiger partial charge in [0.1, 0.15) is 5.54 Å². The first-order valence-corrected chi connectivity index (χ1v) is 7.52. The van der Waals surface area contributed by atoms with Crippen molar-refractivity contribution < 1.29 is 14.3 Å². The van der Waals surface area contributed by atoms with Gasteiger partial charge in [0.2, 0.25) is 0 Å². The number of anilines is 1. The van der Waals surface area contributed by atoms with Crippen molar-refractivity contribution in [1.29, 1.82) is 0 Å². The zero-order chi connectivity index (χ0) is 15.5. The van der Waals surface area contributed by atoms with Crippen LogP contribution in [0.1, 0.15) is 32.3 Å². The zero-order valence-corrected chi connectivity index (χ0v) is 13.3. The first-order chi connectivity index (χ1) is 9.98. The summed E-state index contributed by atoms with van der Waals surface area (Å²) < 4.78 is 10.9. The molecule has 0 spiro atoms. The fourth-order valence-corrected chi connectivity index (χ4v) is 2.83. The number of para-hydroxylation sites is 1. The summed E-state index contributed by atoms with van der Waals surface area (Å²) in [6.07, 6.45) is 1.32. The summed E-state index contributed by atoms with van der Waals surface area (Å²) in [6.45, 7) is 6.83. The van der Waals surface area contributed by atoms with Gasteiger partial charge in [-0.3, -0.25) is 0 Å². The monoisotopic (exact) mass is 291 g/mol. The molecule has 1 saturated heterocycles.